The fourth-order valence-corrected chi connectivity index (χ4v) is 5.15. The van der Waals surface area contributed by atoms with Crippen molar-refractivity contribution in [2.24, 2.45) is 0 Å². The maximum absolute atomic E-state index is 5.83. The van der Waals surface area contributed by atoms with Gasteiger partial charge in [-0.3, -0.25) is 0 Å². The zero-order valence-corrected chi connectivity index (χ0v) is 14.0. The van der Waals surface area contributed by atoms with Gasteiger partial charge in [0.1, 0.15) is 0 Å². The minimum atomic E-state index is -0.197. The zero-order valence-electron chi connectivity index (χ0n) is 14.0. The maximum atomic E-state index is 5.83. The van der Waals surface area contributed by atoms with Crippen LogP contribution in [0.3, 0.4) is 0 Å². The molecule has 3 aromatic carbocycles. The highest BCUT2D eigenvalue weighted by molar-refractivity contribution is 5.73. The lowest BCUT2D eigenvalue weighted by Crippen LogP contribution is -2.45. The van der Waals surface area contributed by atoms with Gasteiger partial charge in [0.05, 0.1) is 12.0 Å². The summed E-state index contributed by atoms with van der Waals surface area (Å²) in [6.07, 6.45) is 0. The molecule has 0 aromatic heterocycles. The third-order valence-corrected chi connectivity index (χ3v) is 5.87. The van der Waals surface area contributed by atoms with Crippen LogP contribution < -0.4 is 0 Å². The van der Waals surface area contributed by atoms with Crippen LogP contribution in [0.5, 0.6) is 0 Å². The summed E-state index contributed by atoms with van der Waals surface area (Å²) >= 11 is 0. The first kappa shape index (κ1) is 14.0. The standard InChI is InChI=1S/C23H20O/c1-15-8-7-11-18-21-16-9-3-5-12-19(16)23(14-24-2,22(15)18)20-13-6-4-10-17(20)21/h3-13,21H,14H2,1-2H3. The summed E-state index contributed by atoms with van der Waals surface area (Å²) in [5, 5.41) is 0. The van der Waals surface area contributed by atoms with Gasteiger partial charge in [0, 0.05) is 13.0 Å². The average Bonchev–Trinajstić information content (AvgIpc) is 2.62. The van der Waals surface area contributed by atoms with Gasteiger partial charge < -0.3 is 4.74 Å². The topological polar surface area (TPSA) is 9.23 Å². The number of rotatable bonds is 2. The Balaban J connectivity index is 1.99. The smallest absolute Gasteiger partial charge is 0.0696 e. The molecule has 0 N–H and O–H groups in total. The molecule has 0 aliphatic heterocycles. The Labute approximate surface area is 142 Å². The van der Waals surface area contributed by atoms with Crippen LogP contribution in [0.15, 0.2) is 66.7 Å². The number of aryl methyl sites for hydroxylation is 1. The SMILES string of the molecule is COCC12c3ccccc3C(c3ccccc31)c1cccc(C)c12. The first-order valence-electron chi connectivity index (χ1n) is 8.57. The first-order chi connectivity index (χ1) is 11.8. The summed E-state index contributed by atoms with van der Waals surface area (Å²) in [6, 6.07) is 24.6. The van der Waals surface area contributed by atoms with Gasteiger partial charge in [-0.25, -0.2) is 0 Å². The number of hydrogen-bond acceptors (Lipinski definition) is 1. The molecule has 0 saturated carbocycles. The first-order valence-corrected chi connectivity index (χ1v) is 8.57. The van der Waals surface area contributed by atoms with Gasteiger partial charge in [0.2, 0.25) is 0 Å². The fourth-order valence-electron chi connectivity index (χ4n) is 5.15. The van der Waals surface area contributed by atoms with Gasteiger partial charge in [-0.15, -0.1) is 0 Å². The van der Waals surface area contributed by atoms with E-state index in [1.807, 2.05) is 7.11 Å². The van der Waals surface area contributed by atoms with Crippen molar-refractivity contribution in [1.82, 2.24) is 0 Å². The van der Waals surface area contributed by atoms with Crippen LogP contribution in [0.1, 0.15) is 44.9 Å². The molecule has 3 aromatic rings. The molecule has 0 fully saturated rings. The molecule has 0 radical (unpaired) electrons. The molecule has 2 bridgehead atoms. The zero-order chi connectivity index (χ0) is 16.3. The third-order valence-electron chi connectivity index (χ3n) is 5.87. The van der Waals surface area contributed by atoms with Crippen molar-refractivity contribution in [2.75, 3.05) is 13.7 Å². The predicted molar refractivity (Wildman–Crippen MR) is 96.8 cm³/mol. The Bertz CT molecular complexity index is 906. The van der Waals surface area contributed by atoms with Crippen molar-refractivity contribution in [3.63, 3.8) is 0 Å². The van der Waals surface area contributed by atoms with E-state index in [0.29, 0.717) is 12.5 Å². The molecular formula is C23H20O. The molecule has 0 saturated heterocycles. The summed E-state index contributed by atoms with van der Waals surface area (Å²) in [7, 11) is 1.82. The van der Waals surface area contributed by atoms with E-state index in [1.54, 1.807) is 0 Å². The van der Waals surface area contributed by atoms with Gasteiger partial charge in [0.15, 0.2) is 0 Å². The van der Waals surface area contributed by atoms with E-state index in [2.05, 4.69) is 73.7 Å². The molecule has 0 spiro atoms. The van der Waals surface area contributed by atoms with E-state index in [9.17, 15) is 0 Å². The molecule has 0 amide bonds. The van der Waals surface area contributed by atoms with Crippen molar-refractivity contribution >= 4 is 0 Å². The molecule has 3 aliphatic rings. The van der Waals surface area contributed by atoms with Crippen molar-refractivity contribution < 1.29 is 4.74 Å². The van der Waals surface area contributed by atoms with Gasteiger partial charge >= 0.3 is 0 Å². The van der Waals surface area contributed by atoms with Gasteiger partial charge in [-0.2, -0.15) is 0 Å². The highest BCUT2D eigenvalue weighted by Crippen LogP contribution is 2.59. The van der Waals surface area contributed by atoms with E-state index < -0.39 is 0 Å². The Morgan fingerprint density at radius 2 is 1.38 bits per heavy atom. The normalized spacial score (nSPS) is 22.7. The quantitative estimate of drug-likeness (QED) is 0.661. The van der Waals surface area contributed by atoms with Crippen molar-refractivity contribution in [2.45, 2.75) is 18.3 Å². The minimum absolute atomic E-state index is 0.197. The summed E-state index contributed by atoms with van der Waals surface area (Å²) in [5.41, 5.74) is 9.77. The summed E-state index contributed by atoms with van der Waals surface area (Å²) in [5.74, 6) is 0.339. The van der Waals surface area contributed by atoms with Crippen LogP contribution in [0.25, 0.3) is 0 Å². The van der Waals surface area contributed by atoms with Gasteiger partial charge in [0.25, 0.3) is 0 Å². The van der Waals surface area contributed by atoms with Crippen molar-refractivity contribution in [3.05, 3.63) is 106 Å². The maximum Gasteiger partial charge on any atom is 0.0696 e. The molecule has 1 heteroatoms. The second-order valence-electron chi connectivity index (χ2n) is 6.98. The molecule has 118 valence electrons. The van der Waals surface area contributed by atoms with Crippen LogP contribution in [-0.2, 0) is 10.2 Å². The van der Waals surface area contributed by atoms with E-state index in [-0.39, 0.29) is 5.41 Å². The lowest BCUT2D eigenvalue weighted by molar-refractivity contribution is 0.158. The Hall–Kier alpha value is -2.38. The second-order valence-corrected chi connectivity index (χ2v) is 6.98. The monoisotopic (exact) mass is 312 g/mol. The molecule has 0 heterocycles. The third kappa shape index (κ3) is 1.49. The summed E-state index contributed by atoms with van der Waals surface area (Å²) in [4.78, 5) is 0. The minimum Gasteiger partial charge on any atom is -0.383 e. The van der Waals surface area contributed by atoms with Crippen molar-refractivity contribution in [3.8, 4) is 0 Å². The van der Waals surface area contributed by atoms with E-state index in [4.69, 9.17) is 4.74 Å². The molecule has 1 nitrogen and oxygen atoms in total. The average molecular weight is 312 g/mol. The number of hydrogen-bond donors (Lipinski definition) is 0. The lowest BCUT2D eigenvalue weighted by atomic mass is 9.52. The molecular weight excluding hydrogens is 292 g/mol. The predicted octanol–water partition coefficient (Wildman–Crippen LogP) is 4.78. The Morgan fingerprint density at radius 1 is 0.792 bits per heavy atom. The van der Waals surface area contributed by atoms with Gasteiger partial charge in [-0.05, 0) is 45.9 Å². The van der Waals surface area contributed by atoms with Crippen molar-refractivity contribution in [1.29, 1.82) is 0 Å². The summed E-state index contributed by atoms with van der Waals surface area (Å²) < 4.78 is 5.83. The number of benzene rings is 3. The van der Waals surface area contributed by atoms with Gasteiger partial charge in [-0.1, -0.05) is 66.7 Å². The molecule has 0 unspecified atom stereocenters. The van der Waals surface area contributed by atoms with E-state index in [0.717, 1.165) is 0 Å². The molecule has 6 rings (SSSR count). The highest BCUT2D eigenvalue weighted by atomic mass is 16.5. The Morgan fingerprint density at radius 3 is 2.00 bits per heavy atom. The number of ether oxygens (including phenoxy) is 1. The highest BCUT2D eigenvalue weighted by Gasteiger charge is 2.52. The number of methoxy groups -OCH3 is 1. The molecule has 24 heavy (non-hydrogen) atoms. The van der Waals surface area contributed by atoms with Crippen LogP contribution in [0, 0.1) is 6.92 Å². The largest absolute Gasteiger partial charge is 0.383 e. The fraction of sp³-hybridized carbons (Fsp3) is 0.217. The lowest BCUT2D eigenvalue weighted by Gasteiger charge is -2.51. The van der Waals surface area contributed by atoms with E-state index >= 15 is 0 Å². The van der Waals surface area contributed by atoms with Crippen LogP contribution in [0.4, 0.5) is 0 Å². The Kier molecular flexibility index (Phi) is 2.81. The van der Waals surface area contributed by atoms with Crippen LogP contribution >= 0.6 is 0 Å². The van der Waals surface area contributed by atoms with Crippen LogP contribution in [-0.4, -0.2) is 13.7 Å². The summed E-state index contributed by atoms with van der Waals surface area (Å²) in [6.45, 7) is 2.91. The molecule has 3 aliphatic carbocycles. The second kappa shape index (κ2) is 4.81. The molecule has 0 atom stereocenters. The van der Waals surface area contributed by atoms with E-state index in [1.165, 1.54) is 38.9 Å². The van der Waals surface area contributed by atoms with Crippen LogP contribution in [0.2, 0.25) is 0 Å².